The smallest absolute Gasteiger partial charge is 0.0126 e. The lowest BCUT2D eigenvalue weighted by Crippen LogP contribution is -2.53. The maximum absolute atomic E-state index is 6.16. The van der Waals surface area contributed by atoms with Gasteiger partial charge < -0.3 is 10.6 Å². The van der Waals surface area contributed by atoms with Crippen LogP contribution in [0.25, 0.3) is 0 Å². The van der Waals surface area contributed by atoms with Gasteiger partial charge in [0, 0.05) is 37.8 Å². The largest absolute Gasteiger partial charge is 0.327 e. The Hall–Kier alpha value is -0.120. The van der Waals surface area contributed by atoms with Gasteiger partial charge in [-0.1, -0.05) is 0 Å². The molecule has 1 unspecified atom stereocenters. The Morgan fingerprint density at radius 2 is 1.71 bits per heavy atom. The van der Waals surface area contributed by atoms with Gasteiger partial charge >= 0.3 is 0 Å². The zero-order valence-electron chi connectivity index (χ0n) is 11.8. The Balaban J connectivity index is 1.65. The lowest BCUT2D eigenvalue weighted by molar-refractivity contribution is 0.0608. The van der Waals surface area contributed by atoms with Crippen LogP contribution in [0.3, 0.4) is 0 Å². The van der Waals surface area contributed by atoms with E-state index in [-0.39, 0.29) is 0 Å². The third kappa shape index (κ3) is 3.94. The molecule has 3 nitrogen and oxygen atoms in total. The van der Waals surface area contributed by atoms with Gasteiger partial charge in [0.15, 0.2) is 0 Å². The third-order valence-corrected chi connectivity index (χ3v) is 4.33. The number of rotatable bonds is 4. The standard InChI is InChI=1S/C14H29N3/c1-14(2,3)17-10-8-16(9-11-17)7-6-13(15)12-4-5-12/h12-13H,4-11,15H2,1-3H3. The van der Waals surface area contributed by atoms with E-state index in [1.807, 2.05) is 0 Å². The highest BCUT2D eigenvalue weighted by atomic mass is 15.3. The molecule has 0 bridgehead atoms. The molecule has 3 heteroatoms. The van der Waals surface area contributed by atoms with Crippen LogP contribution in [0, 0.1) is 5.92 Å². The van der Waals surface area contributed by atoms with E-state index in [0.29, 0.717) is 11.6 Å². The van der Waals surface area contributed by atoms with Crippen LogP contribution in [0.5, 0.6) is 0 Å². The molecule has 1 saturated heterocycles. The summed E-state index contributed by atoms with van der Waals surface area (Å²) in [7, 11) is 0. The normalized spacial score (nSPS) is 26.1. The van der Waals surface area contributed by atoms with Crippen LogP contribution in [0.1, 0.15) is 40.0 Å². The molecule has 0 aromatic rings. The molecule has 1 atom stereocenters. The molecular weight excluding hydrogens is 210 g/mol. The average molecular weight is 239 g/mol. The second kappa shape index (κ2) is 5.25. The van der Waals surface area contributed by atoms with E-state index in [9.17, 15) is 0 Å². The van der Waals surface area contributed by atoms with E-state index in [1.54, 1.807) is 0 Å². The zero-order valence-corrected chi connectivity index (χ0v) is 11.8. The van der Waals surface area contributed by atoms with E-state index in [0.717, 1.165) is 5.92 Å². The summed E-state index contributed by atoms with van der Waals surface area (Å²) in [6.07, 6.45) is 3.94. The minimum atomic E-state index is 0.330. The fourth-order valence-corrected chi connectivity index (χ4v) is 2.73. The first-order valence-electron chi connectivity index (χ1n) is 7.20. The summed E-state index contributed by atoms with van der Waals surface area (Å²) in [5.74, 6) is 0.853. The summed E-state index contributed by atoms with van der Waals surface area (Å²) >= 11 is 0. The molecule has 1 aliphatic carbocycles. The van der Waals surface area contributed by atoms with Crippen LogP contribution in [-0.2, 0) is 0 Å². The van der Waals surface area contributed by atoms with E-state index < -0.39 is 0 Å². The number of nitrogens with two attached hydrogens (primary N) is 1. The monoisotopic (exact) mass is 239 g/mol. The summed E-state index contributed by atoms with van der Waals surface area (Å²) in [6.45, 7) is 13.0. The molecule has 2 N–H and O–H groups in total. The van der Waals surface area contributed by atoms with Crippen molar-refractivity contribution >= 4 is 0 Å². The van der Waals surface area contributed by atoms with Crippen molar-refractivity contribution in [3.8, 4) is 0 Å². The summed E-state index contributed by atoms with van der Waals surface area (Å²) in [6, 6.07) is 0.468. The summed E-state index contributed by atoms with van der Waals surface area (Å²) < 4.78 is 0. The van der Waals surface area contributed by atoms with Gasteiger partial charge in [0.05, 0.1) is 0 Å². The summed E-state index contributed by atoms with van der Waals surface area (Å²) in [5, 5.41) is 0. The van der Waals surface area contributed by atoms with Gasteiger partial charge in [-0.15, -0.1) is 0 Å². The van der Waals surface area contributed by atoms with Crippen LogP contribution >= 0.6 is 0 Å². The number of piperazine rings is 1. The fraction of sp³-hybridized carbons (Fsp3) is 1.00. The Labute approximate surface area is 106 Å². The molecule has 0 aromatic heterocycles. The van der Waals surface area contributed by atoms with Gasteiger partial charge in [-0.25, -0.2) is 0 Å². The Kier molecular flexibility index (Phi) is 4.11. The highest BCUT2D eigenvalue weighted by Gasteiger charge is 2.29. The zero-order chi connectivity index (χ0) is 12.5. The average Bonchev–Trinajstić information content (AvgIpc) is 3.09. The van der Waals surface area contributed by atoms with Crippen molar-refractivity contribution in [3.63, 3.8) is 0 Å². The number of nitrogens with zero attached hydrogens (tertiary/aromatic N) is 2. The minimum absolute atomic E-state index is 0.330. The van der Waals surface area contributed by atoms with Gasteiger partial charge in [-0.3, -0.25) is 4.90 Å². The molecule has 2 fully saturated rings. The SMILES string of the molecule is CC(C)(C)N1CCN(CCC(N)C2CC2)CC1. The van der Waals surface area contributed by atoms with Crippen molar-refractivity contribution in [2.45, 2.75) is 51.6 Å². The molecule has 2 rings (SSSR count). The van der Waals surface area contributed by atoms with E-state index in [1.165, 1.54) is 52.0 Å². The van der Waals surface area contributed by atoms with E-state index in [4.69, 9.17) is 5.73 Å². The second-order valence-corrected chi connectivity index (χ2v) is 6.79. The molecule has 0 spiro atoms. The van der Waals surface area contributed by atoms with E-state index in [2.05, 4.69) is 30.6 Å². The second-order valence-electron chi connectivity index (χ2n) is 6.79. The van der Waals surface area contributed by atoms with Crippen LogP contribution in [0.4, 0.5) is 0 Å². The van der Waals surface area contributed by atoms with Crippen molar-refractivity contribution in [1.82, 2.24) is 9.80 Å². The Morgan fingerprint density at radius 1 is 1.12 bits per heavy atom. The predicted molar refractivity (Wildman–Crippen MR) is 73.1 cm³/mol. The van der Waals surface area contributed by atoms with Crippen LogP contribution < -0.4 is 5.73 Å². The molecular formula is C14H29N3. The van der Waals surface area contributed by atoms with Crippen molar-refractivity contribution in [3.05, 3.63) is 0 Å². The molecule has 17 heavy (non-hydrogen) atoms. The topological polar surface area (TPSA) is 32.5 Å². The summed E-state index contributed by atoms with van der Waals surface area (Å²) in [5.41, 5.74) is 6.49. The maximum atomic E-state index is 6.16. The van der Waals surface area contributed by atoms with Gasteiger partial charge in [-0.2, -0.15) is 0 Å². The molecule has 2 aliphatic rings. The molecule has 0 aromatic carbocycles. The third-order valence-electron chi connectivity index (χ3n) is 4.33. The predicted octanol–water partition coefficient (Wildman–Crippen LogP) is 1.53. The molecule has 100 valence electrons. The van der Waals surface area contributed by atoms with Gasteiger partial charge in [0.2, 0.25) is 0 Å². The van der Waals surface area contributed by atoms with Gasteiger partial charge in [-0.05, 0) is 52.5 Å². The number of hydrogen-bond acceptors (Lipinski definition) is 3. The molecule has 1 heterocycles. The van der Waals surface area contributed by atoms with E-state index >= 15 is 0 Å². The number of hydrogen-bond donors (Lipinski definition) is 1. The van der Waals surface area contributed by atoms with Crippen molar-refractivity contribution in [2.24, 2.45) is 11.7 Å². The maximum Gasteiger partial charge on any atom is 0.0126 e. The van der Waals surface area contributed by atoms with Gasteiger partial charge in [0.25, 0.3) is 0 Å². The molecule has 0 amide bonds. The first-order chi connectivity index (χ1) is 7.97. The Morgan fingerprint density at radius 3 is 2.18 bits per heavy atom. The first kappa shape index (κ1) is 13.3. The fourth-order valence-electron chi connectivity index (χ4n) is 2.73. The first-order valence-corrected chi connectivity index (χ1v) is 7.20. The highest BCUT2D eigenvalue weighted by Crippen LogP contribution is 2.32. The molecule has 1 saturated carbocycles. The lowest BCUT2D eigenvalue weighted by Gasteiger charge is -2.42. The Bertz CT molecular complexity index is 234. The lowest BCUT2D eigenvalue weighted by atomic mass is 10.0. The minimum Gasteiger partial charge on any atom is -0.327 e. The quantitative estimate of drug-likeness (QED) is 0.807. The van der Waals surface area contributed by atoms with Crippen LogP contribution in [0.15, 0.2) is 0 Å². The van der Waals surface area contributed by atoms with Crippen molar-refractivity contribution < 1.29 is 0 Å². The molecule has 0 radical (unpaired) electrons. The van der Waals surface area contributed by atoms with Crippen LogP contribution in [0.2, 0.25) is 0 Å². The van der Waals surface area contributed by atoms with Crippen molar-refractivity contribution in [2.75, 3.05) is 32.7 Å². The summed E-state index contributed by atoms with van der Waals surface area (Å²) in [4.78, 5) is 5.18. The van der Waals surface area contributed by atoms with Crippen molar-refractivity contribution in [1.29, 1.82) is 0 Å². The van der Waals surface area contributed by atoms with Gasteiger partial charge in [0.1, 0.15) is 0 Å². The highest BCUT2D eigenvalue weighted by molar-refractivity contribution is 4.86. The van der Waals surface area contributed by atoms with Crippen LogP contribution in [-0.4, -0.2) is 54.1 Å². The molecule has 1 aliphatic heterocycles.